The number of aliphatic hydroxyl groups excluding tert-OH is 3. The minimum Gasteiger partial charge on any atom is -0.475 e. The van der Waals surface area contributed by atoms with E-state index >= 15 is 0 Å². The molecule has 1 amide bonds. The number of amides is 1. The fraction of sp³-hybridized carbons (Fsp3) is 0.643. The Bertz CT molecular complexity index is 992. The van der Waals surface area contributed by atoms with Crippen LogP contribution in [0.2, 0.25) is 0 Å². The number of carboxylic acids is 1. The largest absolute Gasteiger partial charge is 0.475 e. The molecule has 0 aromatic carbocycles. The topological polar surface area (TPSA) is 290 Å². The van der Waals surface area contributed by atoms with E-state index in [1.54, 1.807) is 0 Å². The third-order valence-corrected chi connectivity index (χ3v) is 4.79. The van der Waals surface area contributed by atoms with Crippen LogP contribution in [0.5, 0.6) is 0 Å². The number of aliphatic hydroxyl groups is 3. The molecule has 0 fully saturated rings. The van der Waals surface area contributed by atoms with Crippen molar-refractivity contribution in [2.45, 2.75) is 49.8 Å². The molecule has 34 heavy (non-hydrogen) atoms. The van der Waals surface area contributed by atoms with E-state index in [1.807, 2.05) is 5.32 Å². The number of hydrogen-bond donors (Lipinski definition) is 7. The summed E-state index contributed by atoms with van der Waals surface area (Å²) >= 11 is 0. The van der Waals surface area contributed by atoms with Crippen LogP contribution in [-0.4, -0.2) is 114 Å². The summed E-state index contributed by atoms with van der Waals surface area (Å²) in [5.74, 6) is -3.72. The number of nitrogens with one attached hydrogen (secondary N) is 1. The van der Waals surface area contributed by atoms with Gasteiger partial charge in [-0.2, -0.15) is 16.8 Å². The Morgan fingerprint density at radius 2 is 1.79 bits per heavy atom. The molecule has 196 valence electrons. The van der Waals surface area contributed by atoms with Gasteiger partial charge in [-0.25, -0.2) is 13.2 Å². The number of carbonyl (C=O) groups is 3. The quantitative estimate of drug-likeness (QED) is 0.0856. The number of aliphatic carboxylic acids is 1. The van der Waals surface area contributed by atoms with Crippen LogP contribution in [0.25, 0.3) is 0 Å². The number of hydrogen-bond acceptors (Lipinski definition) is 14. The number of ether oxygens (including phenoxy) is 2. The number of carboxylic acid groups (broad SMARTS) is 1. The van der Waals surface area contributed by atoms with Crippen molar-refractivity contribution in [1.29, 1.82) is 0 Å². The van der Waals surface area contributed by atoms with Gasteiger partial charge in [0.05, 0.1) is 6.61 Å². The first-order valence-corrected chi connectivity index (χ1v) is 11.5. The van der Waals surface area contributed by atoms with Gasteiger partial charge in [-0.3, -0.25) is 13.9 Å². The van der Waals surface area contributed by atoms with Gasteiger partial charge in [-0.15, -0.1) is 0 Å². The highest BCUT2D eigenvalue weighted by Crippen LogP contribution is 2.26. The van der Waals surface area contributed by atoms with Gasteiger partial charge in [-0.1, -0.05) is 0 Å². The zero-order chi connectivity index (χ0) is 26.4. The Balaban J connectivity index is 3.38. The zero-order valence-electron chi connectivity index (χ0n) is 16.9. The Labute approximate surface area is 191 Å². The van der Waals surface area contributed by atoms with E-state index in [1.165, 1.54) is 0 Å². The van der Waals surface area contributed by atoms with Crippen molar-refractivity contribution >= 4 is 39.0 Å². The van der Waals surface area contributed by atoms with E-state index < -0.39 is 87.9 Å². The summed E-state index contributed by atoms with van der Waals surface area (Å²) in [5.41, 5.74) is 0. The monoisotopic (exact) mass is 539 g/mol. The van der Waals surface area contributed by atoms with E-state index in [2.05, 4.69) is 8.37 Å². The lowest BCUT2D eigenvalue weighted by Crippen LogP contribution is -2.57. The average Bonchev–Trinajstić information content (AvgIpc) is 2.68. The number of rotatable bonds is 13. The summed E-state index contributed by atoms with van der Waals surface area (Å²) in [6.07, 6.45) is -13.2. The highest BCUT2D eigenvalue weighted by molar-refractivity contribution is 7.81. The van der Waals surface area contributed by atoms with Gasteiger partial charge in [0.25, 0.3) is 0 Å². The van der Waals surface area contributed by atoms with E-state index in [0.717, 1.165) is 6.92 Å². The molecule has 0 saturated carbocycles. The molecule has 0 spiro atoms. The molecule has 1 rings (SSSR count). The molecule has 7 atom stereocenters. The van der Waals surface area contributed by atoms with E-state index in [-0.39, 0.29) is 6.29 Å². The molecular formula is C14H21NO17S2. The summed E-state index contributed by atoms with van der Waals surface area (Å²) in [5, 5.41) is 41.7. The van der Waals surface area contributed by atoms with E-state index in [4.69, 9.17) is 23.7 Å². The molecule has 0 radical (unpaired) electrons. The van der Waals surface area contributed by atoms with Gasteiger partial charge in [0.1, 0.15) is 36.7 Å². The lowest BCUT2D eigenvalue weighted by atomic mass is 10.0. The molecule has 7 unspecified atom stereocenters. The standard InChI is InChI=1S/C14H21NO17S2/c1-5(17)15-6(3-16)10(20)11(8(19)4-29-33(23,24)25)31-14-12(32-34(26,27)28)7(18)2-9(30-14)13(21)22/h2-3,6-8,10-12,14,18-20H,4H2,1H3,(H,15,17)(H,21,22)(H,23,24,25)(H,26,27,28). The van der Waals surface area contributed by atoms with Crippen LogP contribution in [0, 0.1) is 0 Å². The molecule has 0 aromatic heterocycles. The SMILES string of the molecule is CC(=O)NC(C=O)C(O)C(OC1OC(C(=O)O)=CC(O)C1OS(=O)(=O)O)C(O)COS(=O)(=O)O. The summed E-state index contributed by atoms with van der Waals surface area (Å²) in [4.78, 5) is 33.8. The smallest absolute Gasteiger partial charge is 0.397 e. The summed E-state index contributed by atoms with van der Waals surface area (Å²) in [6, 6.07) is -1.85. The average molecular weight is 539 g/mol. The maximum atomic E-state index is 11.3. The van der Waals surface area contributed by atoms with Crippen molar-refractivity contribution in [2.75, 3.05) is 6.61 Å². The summed E-state index contributed by atoms with van der Waals surface area (Å²) in [7, 11) is -10.5. The van der Waals surface area contributed by atoms with Crippen LogP contribution >= 0.6 is 0 Å². The minimum absolute atomic E-state index is 0.0376. The second-order valence-corrected chi connectivity index (χ2v) is 8.67. The predicted molar refractivity (Wildman–Crippen MR) is 101 cm³/mol. The summed E-state index contributed by atoms with van der Waals surface area (Å²) < 4.78 is 79.4. The van der Waals surface area contributed by atoms with Gasteiger partial charge in [0.2, 0.25) is 18.0 Å². The van der Waals surface area contributed by atoms with Gasteiger partial charge >= 0.3 is 26.8 Å². The molecule has 20 heteroatoms. The van der Waals surface area contributed by atoms with Crippen LogP contribution < -0.4 is 5.32 Å². The predicted octanol–water partition coefficient (Wildman–Crippen LogP) is -4.51. The second kappa shape index (κ2) is 11.9. The van der Waals surface area contributed by atoms with Crippen LogP contribution in [-0.2, 0) is 53.0 Å². The fourth-order valence-corrected chi connectivity index (χ4v) is 3.35. The van der Waals surface area contributed by atoms with Crippen LogP contribution in [0.4, 0.5) is 0 Å². The third kappa shape index (κ3) is 9.54. The molecular weight excluding hydrogens is 518 g/mol. The van der Waals surface area contributed by atoms with Gasteiger partial charge in [0, 0.05) is 6.92 Å². The molecule has 0 saturated heterocycles. The molecule has 0 aromatic rings. The Hall–Kier alpha value is -2.27. The molecule has 1 aliphatic rings. The first-order valence-electron chi connectivity index (χ1n) is 8.76. The molecule has 1 aliphatic heterocycles. The number of aldehydes is 1. The van der Waals surface area contributed by atoms with Crippen molar-refractivity contribution in [2.24, 2.45) is 0 Å². The molecule has 1 heterocycles. The Morgan fingerprint density at radius 3 is 2.24 bits per heavy atom. The molecule has 18 nitrogen and oxygen atoms in total. The maximum absolute atomic E-state index is 11.3. The normalized spacial score (nSPS) is 24.6. The van der Waals surface area contributed by atoms with Crippen LogP contribution in [0.15, 0.2) is 11.8 Å². The molecule has 0 bridgehead atoms. The first kappa shape index (κ1) is 29.8. The van der Waals surface area contributed by atoms with Gasteiger partial charge < -0.3 is 40.0 Å². The highest BCUT2D eigenvalue weighted by Gasteiger charge is 2.45. The zero-order valence-corrected chi connectivity index (χ0v) is 18.5. The fourth-order valence-electron chi connectivity index (χ4n) is 2.56. The lowest BCUT2D eigenvalue weighted by molar-refractivity contribution is -0.251. The number of carbonyl (C=O) groups excluding carboxylic acids is 2. The minimum atomic E-state index is -5.34. The van der Waals surface area contributed by atoms with E-state index in [0.29, 0.717) is 6.08 Å². The van der Waals surface area contributed by atoms with Gasteiger partial charge in [0.15, 0.2) is 6.10 Å². The Kier molecular flexibility index (Phi) is 10.4. The molecule has 7 N–H and O–H groups in total. The Morgan fingerprint density at radius 1 is 1.21 bits per heavy atom. The summed E-state index contributed by atoms with van der Waals surface area (Å²) in [6.45, 7) is -0.426. The van der Waals surface area contributed by atoms with Crippen molar-refractivity contribution in [1.82, 2.24) is 5.32 Å². The third-order valence-electron chi connectivity index (χ3n) is 3.89. The van der Waals surface area contributed by atoms with E-state index in [9.17, 15) is 46.5 Å². The molecule has 0 aliphatic carbocycles. The van der Waals surface area contributed by atoms with Crippen LogP contribution in [0.1, 0.15) is 6.92 Å². The van der Waals surface area contributed by atoms with Crippen molar-refractivity contribution in [3.05, 3.63) is 11.8 Å². The van der Waals surface area contributed by atoms with Crippen molar-refractivity contribution in [3.63, 3.8) is 0 Å². The van der Waals surface area contributed by atoms with Crippen molar-refractivity contribution in [3.8, 4) is 0 Å². The highest BCUT2D eigenvalue weighted by atomic mass is 32.3. The van der Waals surface area contributed by atoms with Gasteiger partial charge in [-0.05, 0) is 6.08 Å². The van der Waals surface area contributed by atoms with Crippen LogP contribution in [0.3, 0.4) is 0 Å². The first-order chi connectivity index (χ1) is 15.4. The van der Waals surface area contributed by atoms with Crippen molar-refractivity contribution < 1.29 is 78.6 Å². The second-order valence-electron chi connectivity index (χ2n) is 6.53. The lowest BCUT2D eigenvalue weighted by Gasteiger charge is -2.37. The maximum Gasteiger partial charge on any atom is 0.397 e.